The van der Waals surface area contributed by atoms with Crippen molar-refractivity contribution in [2.75, 3.05) is 11.1 Å². The third-order valence-corrected chi connectivity index (χ3v) is 3.84. The number of nitrogen functional groups attached to an aromatic ring is 1. The third-order valence-electron chi connectivity index (χ3n) is 2.75. The predicted molar refractivity (Wildman–Crippen MR) is 94.5 cm³/mol. The lowest BCUT2D eigenvalue weighted by Gasteiger charge is -2.19. The van der Waals surface area contributed by atoms with Crippen LogP contribution in [0.2, 0.25) is 0 Å². The molecule has 1 amide bonds. The molecular weight excluding hydrogens is 310 g/mol. The molecule has 1 aromatic heterocycles. The predicted octanol–water partition coefficient (Wildman–Crippen LogP) is 4.30. The van der Waals surface area contributed by atoms with E-state index in [2.05, 4.69) is 10.3 Å². The molecule has 1 aromatic carbocycles. The van der Waals surface area contributed by atoms with Gasteiger partial charge in [-0.05, 0) is 50.6 Å². The topological polar surface area (TPSA) is 77.2 Å². The smallest absolute Gasteiger partial charge is 0.412 e. The van der Waals surface area contributed by atoms with Gasteiger partial charge in [-0.25, -0.2) is 9.78 Å². The quantitative estimate of drug-likeness (QED) is 0.817. The number of carbonyl (C=O) groups is 1. The van der Waals surface area contributed by atoms with Crippen LogP contribution in [0.25, 0.3) is 0 Å². The first-order valence-electron chi connectivity index (χ1n) is 7.26. The highest BCUT2D eigenvalue weighted by molar-refractivity contribution is 7.98. The van der Waals surface area contributed by atoms with Gasteiger partial charge in [0.2, 0.25) is 0 Å². The highest BCUT2D eigenvalue weighted by atomic mass is 32.2. The molecule has 0 spiro atoms. The molecule has 2 rings (SSSR count). The highest BCUT2D eigenvalue weighted by Crippen LogP contribution is 2.26. The molecule has 23 heavy (non-hydrogen) atoms. The van der Waals surface area contributed by atoms with Crippen LogP contribution < -0.4 is 11.1 Å². The molecule has 0 atom stereocenters. The van der Waals surface area contributed by atoms with Crippen molar-refractivity contribution in [1.82, 2.24) is 4.98 Å². The van der Waals surface area contributed by atoms with Gasteiger partial charge in [0.1, 0.15) is 10.6 Å². The Hall–Kier alpha value is -2.21. The van der Waals surface area contributed by atoms with Crippen LogP contribution in [0.15, 0.2) is 47.6 Å². The Labute approximate surface area is 140 Å². The van der Waals surface area contributed by atoms with Gasteiger partial charge in [0.05, 0.1) is 5.69 Å². The van der Waals surface area contributed by atoms with E-state index in [1.165, 1.54) is 0 Å². The van der Waals surface area contributed by atoms with E-state index in [-0.39, 0.29) is 0 Å². The van der Waals surface area contributed by atoms with Gasteiger partial charge in [0, 0.05) is 17.6 Å². The number of carbonyl (C=O) groups excluding carboxylic acids is 1. The number of nitrogens with one attached hydrogen (secondary N) is 1. The van der Waals surface area contributed by atoms with Gasteiger partial charge in [0.15, 0.2) is 0 Å². The summed E-state index contributed by atoms with van der Waals surface area (Å²) in [4.78, 5) is 16.1. The number of pyridine rings is 1. The molecule has 122 valence electrons. The molecule has 0 fully saturated rings. The van der Waals surface area contributed by atoms with E-state index < -0.39 is 11.7 Å². The molecule has 3 N–H and O–H groups in total. The van der Waals surface area contributed by atoms with Crippen molar-refractivity contribution < 1.29 is 9.53 Å². The van der Waals surface area contributed by atoms with Crippen LogP contribution in [-0.4, -0.2) is 16.7 Å². The first kappa shape index (κ1) is 17.1. The van der Waals surface area contributed by atoms with Crippen molar-refractivity contribution in [2.45, 2.75) is 37.2 Å². The Bertz CT molecular complexity index is 684. The van der Waals surface area contributed by atoms with Crippen molar-refractivity contribution in [3.63, 3.8) is 0 Å². The van der Waals surface area contributed by atoms with Gasteiger partial charge in [-0.3, -0.25) is 5.32 Å². The van der Waals surface area contributed by atoms with Crippen molar-refractivity contribution in [1.29, 1.82) is 0 Å². The average molecular weight is 331 g/mol. The lowest BCUT2D eigenvalue weighted by Crippen LogP contribution is -2.27. The molecule has 6 heteroatoms. The lowest BCUT2D eigenvalue weighted by molar-refractivity contribution is 0.0636. The van der Waals surface area contributed by atoms with E-state index in [4.69, 9.17) is 10.5 Å². The standard InChI is InChI=1S/C17H21N3O2S/c1-17(2,3)22-16(21)20-13-7-4-6-12(10-13)11-23-15-14(18)8-5-9-19-15/h4-10H,11,18H2,1-3H3,(H,20,21). The van der Waals surface area contributed by atoms with Crippen LogP contribution in [0.5, 0.6) is 0 Å². The molecule has 0 aliphatic rings. The van der Waals surface area contributed by atoms with Crippen LogP contribution in [-0.2, 0) is 10.5 Å². The Balaban J connectivity index is 1.97. The maximum absolute atomic E-state index is 11.8. The van der Waals surface area contributed by atoms with E-state index in [1.54, 1.807) is 18.0 Å². The minimum Gasteiger partial charge on any atom is -0.444 e. The van der Waals surface area contributed by atoms with Gasteiger partial charge in [-0.1, -0.05) is 23.9 Å². The summed E-state index contributed by atoms with van der Waals surface area (Å²) >= 11 is 1.56. The lowest BCUT2D eigenvalue weighted by atomic mass is 10.2. The Kier molecular flexibility index (Phi) is 5.50. The maximum atomic E-state index is 11.8. The summed E-state index contributed by atoms with van der Waals surface area (Å²) in [6, 6.07) is 11.3. The second kappa shape index (κ2) is 7.37. The highest BCUT2D eigenvalue weighted by Gasteiger charge is 2.16. The first-order chi connectivity index (χ1) is 10.8. The molecule has 1 heterocycles. The monoisotopic (exact) mass is 331 g/mol. The second-order valence-electron chi connectivity index (χ2n) is 6.01. The molecule has 0 unspecified atom stereocenters. The second-order valence-corrected chi connectivity index (χ2v) is 6.98. The Morgan fingerprint density at radius 2 is 2.09 bits per heavy atom. The largest absolute Gasteiger partial charge is 0.444 e. The van der Waals surface area contributed by atoms with Crippen LogP contribution in [0, 0.1) is 0 Å². The van der Waals surface area contributed by atoms with Gasteiger partial charge < -0.3 is 10.5 Å². The number of aromatic nitrogens is 1. The third kappa shape index (κ3) is 5.83. The van der Waals surface area contributed by atoms with Crippen molar-refractivity contribution in [3.8, 4) is 0 Å². The van der Waals surface area contributed by atoms with E-state index in [1.807, 2.05) is 57.2 Å². The number of hydrogen-bond donors (Lipinski definition) is 2. The molecule has 0 radical (unpaired) electrons. The fraction of sp³-hybridized carbons (Fsp3) is 0.294. The van der Waals surface area contributed by atoms with Crippen molar-refractivity contribution >= 4 is 29.2 Å². The molecule has 0 aliphatic heterocycles. The van der Waals surface area contributed by atoms with Crippen LogP contribution in [0.1, 0.15) is 26.3 Å². The van der Waals surface area contributed by atoms with Crippen LogP contribution in [0.4, 0.5) is 16.2 Å². The molecule has 0 saturated heterocycles. The number of nitrogens with zero attached hydrogens (tertiary/aromatic N) is 1. The number of rotatable bonds is 4. The van der Waals surface area contributed by atoms with Gasteiger partial charge >= 0.3 is 6.09 Å². The van der Waals surface area contributed by atoms with Crippen molar-refractivity contribution in [2.24, 2.45) is 0 Å². The zero-order chi connectivity index (χ0) is 16.9. The summed E-state index contributed by atoms with van der Waals surface area (Å²) in [5, 5.41) is 3.54. The summed E-state index contributed by atoms with van der Waals surface area (Å²) in [5.74, 6) is 0.713. The minimum atomic E-state index is -0.520. The summed E-state index contributed by atoms with van der Waals surface area (Å²) in [6.45, 7) is 5.49. The van der Waals surface area contributed by atoms with Gasteiger partial charge in [-0.2, -0.15) is 0 Å². The van der Waals surface area contributed by atoms with E-state index >= 15 is 0 Å². The van der Waals surface area contributed by atoms with Crippen LogP contribution in [0.3, 0.4) is 0 Å². The fourth-order valence-electron chi connectivity index (χ4n) is 1.84. The minimum absolute atomic E-state index is 0.462. The number of benzene rings is 1. The maximum Gasteiger partial charge on any atom is 0.412 e. The zero-order valence-electron chi connectivity index (χ0n) is 13.5. The summed E-state index contributed by atoms with van der Waals surface area (Å²) in [5.41, 5.74) is 7.79. The normalized spacial score (nSPS) is 11.1. The Morgan fingerprint density at radius 3 is 2.78 bits per heavy atom. The number of ether oxygens (including phenoxy) is 1. The summed E-state index contributed by atoms with van der Waals surface area (Å²) < 4.78 is 5.24. The fourth-order valence-corrected chi connectivity index (χ4v) is 2.69. The molecule has 2 aromatic rings. The SMILES string of the molecule is CC(C)(C)OC(=O)Nc1cccc(CSc2ncccc2N)c1. The molecule has 0 saturated carbocycles. The molecule has 0 bridgehead atoms. The summed E-state index contributed by atoms with van der Waals surface area (Å²) in [6.07, 6.45) is 1.26. The van der Waals surface area contributed by atoms with Gasteiger partial charge in [-0.15, -0.1) is 0 Å². The Morgan fingerprint density at radius 1 is 1.30 bits per heavy atom. The number of hydrogen-bond acceptors (Lipinski definition) is 5. The first-order valence-corrected chi connectivity index (χ1v) is 8.24. The van der Waals surface area contributed by atoms with Crippen LogP contribution >= 0.6 is 11.8 Å². The summed E-state index contributed by atoms with van der Waals surface area (Å²) in [7, 11) is 0. The van der Waals surface area contributed by atoms with E-state index in [0.29, 0.717) is 17.1 Å². The average Bonchev–Trinajstić information content (AvgIpc) is 2.45. The molecule has 5 nitrogen and oxygen atoms in total. The molecular formula is C17H21N3O2S. The molecule has 0 aliphatic carbocycles. The van der Waals surface area contributed by atoms with E-state index in [0.717, 1.165) is 10.6 Å². The zero-order valence-corrected chi connectivity index (χ0v) is 14.3. The van der Waals surface area contributed by atoms with Crippen molar-refractivity contribution in [3.05, 3.63) is 48.2 Å². The number of amides is 1. The number of nitrogens with two attached hydrogens (primary N) is 1. The van der Waals surface area contributed by atoms with E-state index in [9.17, 15) is 4.79 Å². The van der Waals surface area contributed by atoms with Gasteiger partial charge in [0.25, 0.3) is 0 Å². The number of anilines is 2. The number of thioether (sulfide) groups is 1.